The van der Waals surface area contributed by atoms with Gasteiger partial charge < -0.3 is 15.3 Å². The van der Waals surface area contributed by atoms with Crippen molar-refractivity contribution < 1.29 is 9.90 Å². The van der Waals surface area contributed by atoms with Crippen molar-refractivity contribution >= 4 is 57.7 Å². The van der Waals surface area contributed by atoms with Crippen LogP contribution in [-0.2, 0) is 4.79 Å². The van der Waals surface area contributed by atoms with E-state index in [1.54, 1.807) is 23.4 Å². The van der Waals surface area contributed by atoms with Gasteiger partial charge in [0.15, 0.2) is 0 Å². The topological polar surface area (TPSA) is 55.8 Å². The van der Waals surface area contributed by atoms with E-state index in [0.29, 0.717) is 23.8 Å². The molecule has 1 aromatic rings. The van der Waals surface area contributed by atoms with Gasteiger partial charge in [-0.05, 0) is 34.1 Å². The number of anilines is 1. The third-order valence-corrected chi connectivity index (χ3v) is 5.62. The Bertz CT molecular complexity index is 565. The lowest BCUT2D eigenvalue weighted by Crippen LogP contribution is -2.47. The summed E-state index contributed by atoms with van der Waals surface area (Å²) >= 11 is 9.59. The number of rotatable bonds is 5. The number of hydrogen-bond acceptors (Lipinski definition) is 5. The van der Waals surface area contributed by atoms with E-state index in [0.717, 1.165) is 16.7 Å². The van der Waals surface area contributed by atoms with E-state index >= 15 is 0 Å². The second-order valence-corrected chi connectivity index (χ2v) is 7.35. The first-order chi connectivity index (χ1) is 10.5. The van der Waals surface area contributed by atoms with E-state index in [9.17, 15) is 9.90 Å². The number of benzene rings is 1. The molecular weight excluding hydrogens is 437 g/mol. The van der Waals surface area contributed by atoms with Crippen molar-refractivity contribution in [1.29, 1.82) is 0 Å². The van der Waals surface area contributed by atoms with Crippen LogP contribution in [0.2, 0.25) is 5.02 Å². The number of aromatic hydroxyl groups is 1. The number of carbonyl (C=O) groups is 1. The zero-order valence-electron chi connectivity index (χ0n) is 11.9. The van der Waals surface area contributed by atoms with Crippen LogP contribution >= 0.6 is 46.1 Å². The molecule has 8 heteroatoms. The SMILES string of the molecule is C=CSN1CCN(C(=O)CNc2cc(I)c(Cl)cc2O)CC1. The molecule has 1 heterocycles. The molecule has 0 radical (unpaired) electrons. The first-order valence-electron chi connectivity index (χ1n) is 6.73. The van der Waals surface area contributed by atoms with Crippen molar-refractivity contribution in [2.75, 3.05) is 38.0 Å². The third-order valence-electron chi connectivity index (χ3n) is 3.28. The summed E-state index contributed by atoms with van der Waals surface area (Å²) in [4.78, 5) is 14.0. The van der Waals surface area contributed by atoms with Gasteiger partial charge in [0.1, 0.15) is 5.75 Å². The van der Waals surface area contributed by atoms with Gasteiger partial charge in [-0.3, -0.25) is 4.79 Å². The van der Waals surface area contributed by atoms with Crippen molar-refractivity contribution in [1.82, 2.24) is 9.21 Å². The quantitative estimate of drug-likeness (QED) is 0.408. The monoisotopic (exact) mass is 453 g/mol. The molecule has 0 unspecified atom stereocenters. The lowest BCUT2D eigenvalue weighted by Gasteiger charge is -2.33. The zero-order chi connectivity index (χ0) is 16.1. The molecule has 0 aliphatic carbocycles. The summed E-state index contributed by atoms with van der Waals surface area (Å²) in [6.07, 6.45) is 0. The van der Waals surface area contributed by atoms with Gasteiger partial charge in [0.05, 0.1) is 17.3 Å². The predicted octanol–water partition coefficient (Wildman–Crippen LogP) is 3.00. The number of halogens is 2. The number of piperazine rings is 1. The van der Waals surface area contributed by atoms with Gasteiger partial charge >= 0.3 is 0 Å². The number of nitrogens with zero attached hydrogens (tertiary/aromatic N) is 2. The van der Waals surface area contributed by atoms with Gasteiger partial charge in [0, 0.05) is 35.8 Å². The standard InChI is InChI=1S/C14H17ClIN3O2S/c1-2-22-19-5-3-18(4-6-19)14(21)9-17-12-8-11(16)10(15)7-13(12)20/h2,7-8,17,20H,1,3-6,9H2. The molecule has 0 atom stereocenters. The fourth-order valence-corrected chi connectivity index (χ4v) is 3.32. The number of phenolic OH excluding ortho intramolecular Hbond substituents is 1. The van der Waals surface area contributed by atoms with Gasteiger partial charge in [-0.1, -0.05) is 30.1 Å². The minimum atomic E-state index is 0.0209. The lowest BCUT2D eigenvalue weighted by atomic mass is 10.3. The van der Waals surface area contributed by atoms with Crippen LogP contribution in [0.5, 0.6) is 5.75 Å². The Morgan fingerprint density at radius 2 is 2.14 bits per heavy atom. The fraction of sp³-hybridized carbons (Fsp3) is 0.357. The van der Waals surface area contributed by atoms with Crippen LogP contribution in [0.15, 0.2) is 24.1 Å². The van der Waals surface area contributed by atoms with Crippen molar-refractivity contribution in [2.24, 2.45) is 0 Å². The molecule has 0 bridgehead atoms. The van der Waals surface area contributed by atoms with Crippen LogP contribution in [0.4, 0.5) is 5.69 Å². The summed E-state index contributed by atoms with van der Waals surface area (Å²) in [7, 11) is 0. The van der Waals surface area contributed by atoms with E-state index in [1.807, 2.05) is 4.90 Å². The van der Waals surface area contributed by atoms with Gasteiger partial charge in [-0.15, -0.1) is 0 Å². The first kappa shape index (κ1) is 17.7. The molecule has 0 spiro atoms. The van der Waals surface area contributed by atoms with E-state index in [4.69, 9.17) is 11.6 Å². The molecule has 0 saturated carbocycles. The van der Waals surface area contributed by atoms with Gasteiger partial charge in [0.2, 0.25) is 5.91 Å². The number of amides is 1. The van der Waals surface area contributed by atoms with E-state index in [-0.39, 0.29) is 18.2 Å². The van der Waals surface area contributed by atoms with Gasteiger partial charge in [-0.25, -0.2) is 4.31 Å². The second-order valence-electron chi connectivity index (χ2n) is 4.72. The second kappa shape index (κ2) is 8.28. The van der Waals surface area contributed by atoms with Crippen molar-refractivity contribution in [3.8, 4) is 5.75 Å². The predicted molar refractivity (Wildman–Crippen MR) is 100 cm³/mol. The molecule has 0 aromatic heterocycles. The van der Waals surface area contributed by atoms with Gasteiger partial charge in [0.25, 0.3) is 0 Å². The minimum absolute atomic E-state index is 0.0209. The van der Waals surface area contributed by atoms with Crippen molar-refractivity contribution in [2.45, 2.75) is 0 Å². The third kappa shape index (κ3) is 4.68. The maximum absolute atomic E-state index is 12.2. The number of nitrogens with one attached hydrogen (secondary N) is 1. The Morgan fingerprint density at radius 3 is 2.77 bits per heavy atom. The van der Waals surface area contributed by atoms with E-state index in [1.165, 1.54) is 6.07 Å². The highest BCUT2D eigenvalue weighted by Gasteiger charge is 2.20. The summed E-state index contributed by atoms with van der Waals surface area (Å²) in [6, 6.07) is 3.20. The maximum atomic E-state index is 12.2. The smallest absolute Gasteiger partial charge is 0.241 e. The molecule has 1 aliphatic rings. The molecule has 1 fully saturated rings. The summed E-state index contributed by atoms with van der Waals surface area (Å²) in [5, 5.41) is 15.1. The molecule has 22 heavy (non-hydrogen) atoms. The maximum Gasteiger partial charge on any atom is 0.241 e. The van der Waals surface area contributed by atoms with Crippen molar-refractivity contribution in [3.63, 3.8) is 0 Å². The molecular formula is C14H17ClIN3O2S. The average Bonchev–Trinajstić information content (AvgIpc) is 2.50. The summed E-state index contributed by atoms with van der Waals surface area (Å²) < 4.78 is 3.00. The summed E-state index contributed by atoms with van der Waals surface area (Å²) in [5.41, 5.74) is 0.517. The Kier molecular flexibility index (Phi) is 6.66. The number of phenols is 1. The van der Waals surface area contributed by atoms with Crippen LogP contribution in [0.25, 0.3) is 0 Å². The first-order valence-corrected chi connectivity index (χ1v) is 9.03. The number of carbonyl (C=O) groups excluding carboxylic acids is 1. The molecule has 1 aliphatic heterocycles. The lowest BCUT2D eigenvalue weighted by molar-refractivity contribution is -0.130. The summed E-state index contributed by atoms with van der Waals surface area (Å²) in [5.74, 6) is 0.0676. The highest BCUT2D eigenvalue weighted by molar-refractivity contribution is 14.1. The van der Waals surface area contributed by atoms with Crippen LogP contribution in [-0.4, -0.2) is 52.9 Å². The summed E-state index contributed by atoms with van der Waals surface area (Å²) in [6.45, 7) is 6.89. The van der Waals surface area contributed by atoms with Gasteiger partial charge in [-0.2, -0.15) is 0 Å². The molecule has 1 saturated heterocycles. The molecule has 1 aromatic carbocycles. The molecule has 120 valence electrons. The van der Waals surface area contributed by atoms with E-state index in [2.05, 4.69) is 38.8 Å². The van der Waals surface area contributed by atoms with Crippen LogP contribution in [0.3, 0.4) is 0 Å². The Hall–Kier alpha value is -0.640. The van der Waals surface area contributed by atoms with Crippen LogP contribution in [0.1, 0.15) is 0 Å². The van der Waals surface area contributed by atoms with E-state index < -0.39 is 0 Å². The highest BCUT2D eigenvalue weighted by atomic mass is 127. The minimum Gasteiger partial charge on any atom is -0.506 e. The zero-order valence-corrected chi connectivity index (χ0v) is 15.6. The Morgan fingerprint density at radius 1 is 1.45 bits per heavy atom. The average molecular weight is 454 g/mol. The fourth-order valence-electron chi connectivity index (χ4n) is 2.11. The molecule has 1 amide bonds. The van der Waals surface area contributed by atoms with Crippen LogP contribution in [0, 0.1) is 3.57 Å². The Balaban J connectivity index is 1.86. The molecule has 2 rings (SSSR count). The molecule has 5 nitrogen and oxygen atoms in total. The Labute approximate surface area is 153 Å². The highest BCUT2D eigenvalue weighted by Crippen LogP contribution is 2.31. The largest absolute Gasteiger partial charge is 0.506 e. The number of hydrogen-bond donors (Lipinski definition) is 2. The van der Waals surface area contributed by atoms with Crippen LogP contribution < -0.4 is 5.32 Å². The molecule has 2 N–H and O–H groups in total. The normalized spacial score (nSPS) is 15.6. The van der Waals surface area contributed by atoms with Crippen molar-refractivity contribution in [3.05, 3.63) is 32.7 Å².